The molecule has 2 N–H and O–H groups in total. The molecular weight excluding hydrogens is 650 g/mol. The molecule has 0 bridgehead atoms. The molecule has 0 fully saturated rings. The van der Waals surface area contributed by atoms with Gasteiger partial charge in [0.25, 0.3) is 0 Å². The van der Waals surface area contributed by atoms with Gasteiger partial charge in [0.2, 0.25) is 0 Å². The molecule has 3 nitrogen and oxygen atoms in total. The van der Waals surface area contributed by atoms with E-state index in [1.165, 1.54) is 32.1 Å². The zero-order valence-electron chi connectivity index (χ0n) is 28.4. The molecule has 1 heterocycles. The van der Waals surface area contributed by atoms with Gasteiger partial charge in [-0.05, 0) is 97.1 Å². The van der Waals surface area contributed by atoms with Crippen molar-refractivity contribution in [3.63, 3.8) is 0 Å². The van der Waals surface area contributed by atoms with E-state index < -0.39 is 7.92 Å². The lowest BCUT2D eigenvalue weighted by Crippen LogP contribution is -2.22. The quantitative estimate of drug-likeness (QED) is 0.0996. The standard InChI is InChI=1S/C48H34N3P/c49-47(44-27-28-46(43-22-12-11-21-42(43)44)52(40-17-3-1-4-18-40)41-19-5-2-6-20-41)51-48-45(38-26-24-34-14-8-10-16-36(34)30-38)31-39(32-50-48)37-25-23-33-13-7-9-15-35(33)29-37/h1-32H,(H2,49,50,51). The van der Waals surface area contributed by atoms with E-state index >= 15 is 0 Å². The summed E-state index contributed by atoms with van der Waals surface area (Å²) >= 11 is 0. The molecule has 0 spiro atoms. The molecule has 0 amide bonds. The Kier molecular flexibility index (Phi) is 8.33. The number of hydrogen-bond donors (Lipinski definition) is 2. The van der Waals surface area contributed by atoms with Crippen LogP contribution in [0.2, 0.25) is 0 Å². The molecule has 8 aromatic carbocycles. The van der Waals surface area contributed by atoms with E-state index in [-0.39, 0.29) is 5.84 Å². The Labute approximate surface area is 303 Å². The van der Waals surface area contributed by atoms with Crippen LogP contribution < -0.4 is 21.4 Å². The Bertz CT molecular complexity index is 2780. The zero-order chi connectivity index (χ0) is 34.9. The van der Waals surface area contributed by atoms with Gasteiger partial charge in [-0.15, -0.1) is 0 Å². The van der Waals surface area contributed by atoms with E-state index in [9.17, 15) is 5.41 Å². The van der Waals surface area contributed by atoms with Crippen LogP contribution in [0.25, 0.3) is 54.6 Å². The molecule has 4 heteroatoms. The molecule has 0 atom stereocenters. The maximum Gasteiger partial charge on any atom is 0.154 e. The van der Waals surface area contributed by atoms with E-state index in [1.807, 2.05) is 6.20 Å². The van der Waals surface area contributed by atoms with Crippen molar-refractivity contribution in [3.8, 4) is 22.3 Å². The summed E-state index contributed by atoms with van der Waals surface area (Å²) in [4.78, 5) is 8.56. The summed E-state index contributed by atoms with van der Waals surface area (Å²) in [5.74, 6) is 0.211. The average molecular weight is 684 g/mol. The Morgan fingerprint density at radius 1 is 0.462 bits per heavy atom. The second-order valence-electron chi connectivity index (χ2n) is 12.9. The van der Waals surface area contributed by atoms with Gasteiger partial charge in [-0.1, -0.05) is 164 Å². The SMILES string of the molecule is N=C(N=c1[nH]cc(-c2ccc3ccccc3c2)cc1-c1ccc2ccccc2c1)c1ccc(P(c2ccccc2)c2ccccc2)c2ccccc12. The number of H-pyrrole nitrogens is 1. The van der Waals surface area contributed by atoms with Crippen molar-refractivity contribution < 1.29 is 0 Å². The Hall–Kier alpha value is -6.41. The van der Waals surface area contributed by atoms with Crippen molar-refractivity contribution in [2.75, 3.05) is 0 Å². The molecule has 0 aliphatic heterocycles. The predicted octanol–water partition coefficient (Wildman–Crippen LogP) is 10.5. The number of fused-ring (bicyclic) bond motifs is 3. The first-order valence-electron chi connectivity index (χ1n) is 17.5. The first kappa shape index (κ1) is 31.6. The lowest BCUT2D eigenvalue weighted by Gasteiger charge is -2.22. The summed E-state index contributed by atoms with van der Waals surface area (Å²) < 4.78 is 0. The van der Waals surface area contributed by atoms with Crippen LogP contribution in [0, 0.1) is 5.41 Å². The smallest absolute Gasteiger partial charge is 0.154 e. The van der Waals surface area contributed by atoms with Crippen molar-refractivity contribution in [1.29, 1.82) is 5.41 Å². The molecule has 0 saturated carbocycles. The summed E-state index contributed by atoms with van der Waals surface area (Å²) in [6.45, 7) is 0. The van der Waals surface area contributed by atoms with Gasteiger partial charge in [-0.3, -0.25) is 5.41 Å². The van der Waals surface area contributed by atoms with Crippen molar-refractivity contribution in [2.45, 2.75) is 0 Å². The number of aromatic amines is 1. The minimum Gasteiger partial charge on any atom is -0.345 e. The number of rotatable bonds is 6. The van der Waals surface area contributed by atoms with Crippen molar-refractivity contribution in [2.24, 2.45) is 4.99 Å². The van der Waals surface area contributed by atoms with Crippen LogP contribution in [0.15, 0.2) is 199 Å². The third kappa shape index (κ3) is 6.02. The minimum absolute atomic E-state index is 0.211. The van der Waals surface area contributed by atoms with Gasteiger partial charge in [0.05, 0.1) is 0 Å². The normalized spacial score (nSPS) is 11.8. The number of nitrogens with zero attached hydrogens (tertiary/aromatic N) is 1. The Morgan fingerprint density at radius 2 is 1.00 bits per heavy atom. The van der Waals surface area contributed by atoms with E-state index in [4.69, 9.17) is 4.99 Å². The molecule has 0 unspecified atom stereocenters. The topological polar surface area (TPSA) is 52.0 Å². The number of pyridine rings is 1. The fraction of sp³-hybridized carbons (Fsp3) is 0. The average Bonchev–Trinajstić information content (AvgIpc) is 3.21. The Morgan fingerprint density at radius 3 is 1.65 bits per heavy atom. The van der Waals surface area contributed by atoms with Crippen LogP contribution in [0.5, 0.6) is 0 Å². The van der Waals surface area contributed by atoms with Gasteiger partial charge in [0.1, 0.15) is 5.49 Å². The highest BCUT2D eigenvalue weighted by molar-refractivity contribution is 7.80. The molecular formula is C48H34N3P. The summed E-state index contributed by atoms with van der Waals surface area (Å²) in [5.41, 5.74) is 5.61. The molecule has 0 radical (unpaired) electrons. The lowest BCUT2D eigenvalue weighted by atomic mass is 9.98. The van der Waals surface area contributed by atoms with Crippen LogP contribution in [-0.4, -0.2) is 10.8 Å². The molecule has 1 aromatic heterocycles. The van der Waals surface area contributed by atoms with Crippen LogP contribution in [0.1, 0.15) is 5.56 Å². The van der Waals surface area contributed by atoms with E-state index in [0.29, 0.717) is 5.49 Å². The molecule has 0 saturated heterocycles. The van der Waals surface area contributed by atoms with E-state index in [0.717, 1.165) is 44.0 Å². The van der Waals surface area contributed by atoms with Gasteiger partial charge in [0, 0.05) is 17.3 Å². The van der Waals surface area contributed by atoms with Gasteiger partial charge in [0.15, 0.2) is 5.84 Å². The predicted molar refractivity (Wildman–Crippen MR) is 222 cm³/mol. The summed E-state index contributed by atoms with van der Waals surface area (Å²) in [5, 5.41) is 20.2. The maximum atomic E-state index is 9.47. The fourth-order valence-corrected chi connectivity index (χ4v) is 9.59. The van der Waals surface area contributed by atoms with Gasteiger partial charge >= 0.3 is 0 Å². The highest BCUT2D eigenvalue weighted by Gasteiger charge is 2.20. The van der Waals surface area contributed by atoms with Crippen LogP contribution >= 0.6 is 7.92 Å². The molecule has 0 aliphatic carbocycles. The molecule has 9 rings (SSSR count). The molecule has 9 aromatic rings. The molecule has 0 aliphatic rings. The first-order valence-corrected chi connectivity index (χ1v) is 18.8. The van der Waals surface area contributed by atoms with E-state index in [1.54, 1.807) is 0 Å². The van der Waals surface area contributed by atoms with Crippen molar-refractivity contribution in [1.82, 2.24) is 4.98 Å². The monoisotopic (exact) mass is 683 g/mol. The maximum absolute atomic E-state index is 9.47. The van der Waals surface area contributed by atoms with E-state index in [2.05, 4.69) is 193 Å². The number of hydrogen-bond acceptors (Lipinski definition) is 1. The van der Waals surface area contributed by atoms with Crippen LogP contribution in [0.3, 0.4) is 0 Å². The van der Waals surface area contributed by atoms with Crippen molar-refractivity contribution in [3.05, 3.63) is 205 Å². The fourth-order valence-electron chi connectivity index (χ4n) is 7.13. The Balaban J connectivity index is 1.19. The second kappa shape index (κ2) is 13.7. The summed E-state index contributed by atoms with van der Waals surface area (Å²) in [6.07, 6.45) is 2.01. The molecule has 52 heavy (non-hydrogen) atoms. The first-order chi connectivity index (χ1) is 25.7. The number of nitrogens with one attached hydrogen (secondary N) is 2. The third-order valence-electron chi connectivity index (χ3n) is 9.71. The highest BCUT2D eigenvalue weighted by Crippen LogP contribution is 2.37. The number of benzene rings is 8. The highest BCUT2D eigenvalue weighted by atomic mass is 31.1. The van der Waals surface area contributed by atoms with Crippen LogP contribution in [0.4, 0.5) is 0 Å². The summed E-state index contributed by atoms with van der Waals surface area (Å²) in [6, 6.07) is 66.4. The zero-order valence-corrected chi connectivity index (χ0v) is 29.3. The third-order valence-corrected chi connectivity index (χ3v) is 12.2. The largest absolute Gasteiger partial charge is 0.345 e. The summed E-state index contributed by atoms with van der Waals surface area (Å²) in [7, 11) is -0.820. The second-order valence-corrected chi connectivity index (χ2v) is 15.1. The van der Waals surface area contributed by atoms with Crippen LogP contribution in [-0.2, 0) is 0 Å². The van der Waals surface area contributed by atoms with Crippen molar-refractivity contribution >= 4 is 62.0 Å². The minimum atomic E-state index is -0.820. The lowest BCUT2D eigenvalue weighted by molar-refractivity contribution is 1.16. The number of amidine groups is 1. The number of aromatic nitrogens is 1. The van der Waals surface area contributed by atoms with Gasteiger partial charge in [-0.25, -0.2) is 4.99 Å². The molecule has 246 valence electrons. The van der Waals surface area contributed by atoms with Gasteiger partial charge < -0.3 is 4.98 Å². The van der Waals surface area contributed by atoms with Gasteiger partial charge in [-0.2, -0.15) is 0 Å².